The van der Waals surface area contributed by atoms with E-state index in [1.54, 1.807) is 35.9 Å². The number of rotatable bonds is 5. The summed E-state index contributed by atoms with van der Waals surface area (Å²) in [6, 6.07) is 19.6. The highest BCUT2D eigenvalue weighted by atomic mass is 19.1. The summed E-state index contributed by atoms with van der Waals surface area (Å²) in [6.07, 6.45) is 0.518. The monoisotopic (exact) mass is 444 g/mol. The van der Waals surface area contributed by atoms with E-state index in [4.69, 9.17) is 4.98 Å². The molecule has 1 aromatic heterocycles. The molecule has 0 aliphatic carbocycles. The van der Waals surface area contributed by atoms with Crippen molar-refractivity contribution >= 4 is 22.6 Å². The van der Waals surface area contributed by atoms with Crippen LogP contribution < -0.4 is 10.9 Å². The van der Waals surface area contributed by atoms with E-state index < -0.39 is 17.9 Å². The number of benzene rings is 3. The second-order valence-electron chi connectivity index (χ2n) is 7.94. The van der Waals surface area contributed by atoms with Crippen LogP contribution in [0.3, 0.4) is 0 Å². The molecule has 1 unspecified atom stereocenters. The molecule has 1 N–H and O–H groups in total. The van der Waals surface area contributed by atoms with E-state index >= 15 is 0 Å². The molecule has 0 radical (unpaired) electrons. The van der Waals surface area contributed by atoms with E-state index in [9.17, 15) is 14.0 Å². The van der Waals surface area contributed by atoms with Gasteiger partial charge in [-0.3, -0.25) is 9.36 Å². The van der Waals surface area contributed by atoms with Gasteiger partial charge >= 0.3 is 6.03 Å². The molecule has 7 heteroatoms. The van der Waals surface area contributed by atoms with Crippen molar-refractivity contribution in [2.75, 3.05) is 12.4 Å². The SMILES string of the molecule is CCC(c1nc2ccccc2c(=O)n1-c1ccc(C)cc1)N(C)C(=O)Nc1cccc(F)c1. The van der Waals surface area contributed by atoms with Gasteiger partial charge in [0.05, 0.1) is 22.6 Å². The van der Waals surface area contributed by atoms with Gasteiger partial charge < -0.3 is 10.2 Å². The molecule has 0 bridgehead atoms. The Morgan fingerprint density at radius 2 is 1.82 bits per heavy atom. The first-order chi connectivity index (χ1) is 15.9. The van der Waals surface area contributed by atoms with E-state index in [1.807, 2.05) is 44.2 Å². The van der Waals surface area contributed by atoms with E-state index in [0.717, 1.165) is 5.56 Å². The summed E-state index contributed by atoms with van der Waals surface area (Å²) >= 11 is 0. The Bertz CT molecular complexity index is 1370. The number of carbonyl (C=O) groups excluding carboxylic acids is 1. The Labute approximate surface area is 191 Å². The van der Waals surface area contributed by atoms with Gasteiger partial charge in [0, 0.05) is 12.7 Å². The first-order valence-electron chi connectivity index (χ1n) is 10.8. The second kappa shape index (κ2) is 9.24. The highest BCUT2D eigenvalue weighted by Gasteiger charge is 2.26. The number of fused-ring (bicyclic) bond motifs is 1. The molecule has 4 rings (SSSR count). The van der Waals surface area contributed by atoms with Crippen LogP contribution in [-0.4, -0.2) is 27.5 Å². The van der Waals surface area contributed by atoms with Gasteiger partial charge in [-0.25, -0.2) is 14.2 Å². The van der Waals surface area contributed by atoms with Crippen LogP contribution in [0.1, 0.15) is 30.8 Å². The maximum absolute atomic E-state index is 13.6. The number of hydrogen-bond acceptors (Lipinski definition) is 3. The molecule has 1 heterocycles. The predicted molar refractivity (Wildman–Crippen MR) is 128 cm³/mol. The Hall–Kier alpha value is -4.00. The third-order valence-corrected chi connectivity index (χ3v) is 5.64. The number of hydrogen-bond donors (Lipinski definition) is 1. The largest absolute Gasteiger partial charge is 0.322 e. The third kappa shape index (κ3) is 4.48. The van der Waals surface area contributed by atoms with E-state index in [0.29, 0.717) is 34.5 Å². The minimum absolute atomic E-state index is 0.197. The van der Waals surface area contributed by atoms with Crippen LogP contribution in [0.15, 0.2) is 77.6 Å². The molecule has 3 aromatic carbocycles. The molecule has 33 heavy (non-hydrogen) atoms. The Morgan fingerprint density at radius 3 is 2.52 bits per heavy atom. The number of nitrogens with zero attached hydrogens (tertiary/aromatic N) is 3. The number of anilines is 1. The fourth-order valence-electron chi connectivity index (χ4n) is 3.87. The molecule has 0 aliphatic rings. The van der Waals surface area contributed by atoms with Crippen LogP contribution in [0.25, 0.3) is 16.6 Å². The second-order valence-corrected chi connectivity index (χ2v) is 7.94. The number of amides is 2. The van der Waals surface area contributed by atoms with Crippen molar-refractivity contribution in [3.05, 3.63) is 100 Å². The number of urea groups is 1. The van der Waals surface area contributed by atoms with Crippen molar-refractivity contribution < 1.29 is 9.18 Å². The molecule has 0 fully saturated rings. The Kier molecular flexibility index (Phi) is 6.22. The minimum Gasteiger partial charge on any atom is -0.317 e. The molecule has 0 saturated carbocycles. The van der Waals surface area contributed by atoms with E-state index in [2.05, 4.69) is 5.32 Å². The lowest BCUT2D eigenvalue weighted by atomic mass is 10.1. The Balaban J connectivity index is 1.81. The van der Waals surface area contributed by atoms with Crippen molar-refractivity contribution in [2.24, 2.45) is 0 Å². The summed E-state index contributed by atoms with van der Waals surface area (Å²) in [5, 5.41) is 3.22. The molecule has 2 amide bonds. The minimum atomic E-state index is -0.503. The van der Waals surface area contributed by atoms with Crippen LogP contribution in [-0.2, 0) is 0 Å². The number of halogens is 1. The first-order valence-corrected chi connectivity index (χ1v) is 10.8. The fraction of sp³-hybridized carbons (Fsp3) is 0.192. The van der Waals surface area contributed by atoms with Crippen molar-refractivity contribution in [3.8, 4) is 5.69 Å². The summed E-state index contributed by atoms with van der Waals surface area (Å²) in [6.45, 7) is 3.91. The standard InChI is InChI=1S/C26H25FN4O2/c1-4-23(30(3)26(33)28-19-9-7-8-18(27)16-19)24-29-22-11-6-5-10-21(22)25(32)31(24)20-14-12-17(2)13-15-20/h5-16,23H,4H2,1-3H3,(H,28,33). The number of nitrogens with one attached hydrogen (secondary N) is 1. The van der Waals surface area contributed by atoms with Gasteiger partial charge in [0.2, 0.25) is 0 Å². The molecule has 6 nitrogen and oxygen atoms in total. The van der Waals surface area contributed by atoms with E-state index in [1.165, 1.54) is 23.1 Å². The zero-order valence-electron chi connectivity index (χ0n) is 18.7. The van der Waals surface area contributed by atoms with Crippen LogP contribution >= 0.6 is 0 Å². The van der Waals surface area contributed by atoms with E-state index in [-0.39, 0.29) is 5.56 Å². The molecule has 1 atom stereocenters. The molecular weight excluding hydrogens is 419 g/mol. The molecule has 0 saturated heterocycles. The zero-order chi connectivity index (χ0) is 23.5. The average molecular weight is 445 g/mol. The summed E-state index contributed by atoms with van der Waals surface area (Å²) in [7, 11) is 1.64. The predicted octanol–water partition coefficient (Wildman–Crippen LogP) is 5.45. The third-order valence-electron chi connectivity index (χ3n) is 5.64. The fourth-order valence-corrected chi connectivity index (χ4v) is 3.87. The van der Waals surface area contributed by atoms with Crippen molar-refractivity contribution in [3.63, 3.8) is 0 Å². The van der Waals surface area contributed by atoms with Gasteiger partial charge in [0.15, 0.2) is 0 Å². The molecule has 168 valence electrons. The van der Waals surface area contributed by atoms with Crippen LogP contribution in [0, 0.1) is 12.7 Å². The summed E-state index contributed by atoms with van der Waals surface area (Å²) in [5.41, 5.74) is 2.47. The number of aryl methyl sites for hydroxylation is 1. The maximum Gasteiger partial charge on any atom is 0.322 e. The van der Waals surface area contributed by atoms with Gasteiger partial charge in [0.25, 0.3) is 5.56 Å². The maximum atomic E-state index is 13.6. The molecule has 4 aromatic rings. The smallest absolute Gasteiger partial charge is 0.317 e. The lowest BCUT2D eigenvalue weighted by molar-refractivity contribution is 0.199. The van der Waals surface area contributed by atoms with Crippen molar-refractivity contribution in [1.82, 2.24) is 14.5 Å². The number of para-hydroxylation sites is 1. The van der Waals surface area contributed by atoms with Crippen LogP contribution in [0.5, 0.6) is 0 Å². The van der Waals surface area contributed by atoms with Gasteiger partial charge in [-0.1, -0.05) is 42.8 Å². The summed E-state index contributed by atoms with van der Waals surface area (Å²) < 4.78 is 15.1. The normalized spacial score (nSPS) is 11.9. The lowest BCUT2D eigenvalue weighted by Gasteiger charge is -2.29. The highest BCUT2D eigenvalue weighted by Crippen LogP contribution is 2.26. The van der Waals surface area contributed by atoms with Crippen LogP contribution in [0.4, 0.5) is 14.9 Å². The van der Waals surface area contributed by atoms with Crippen molar-refractivity contribution in [1.29, 1.82) is 0 Å². The zero-order valence-corrected chi connectivity index (χ0v) is 18.7. The quantitative estimate of drug-likeness (QED) is 0.445. The average Bonchev–Trinajstić information content (AvgIpc) is 2.80. The topological polar surface area (TPSA) is 67.2 Å². The number of carbonyl (C=O) groups is 1. The first kappa shape index (κ1) is 22.2. The van der Waals surface area contributed by atoms with Gasteiger partial charge in [-0.2, -0.15) is 0 Å². The van der Waals surface area contributed by atoms with Gasteiger partial charge in [0.1, 0.15) is 11.6 Å². The molecule has 0 spiro atoms. The summed E-state index contributed by atoms with van der Waals surface area (Å²) in [4.78, 5) is 32.9. The lowest BCUT2D eigenvalue weighted by Crippen LogP contribution is -2.38. The van der Waals surface area contributed by atoms with Crippen LogP contribution in [0.2, 0.25) is 0 Å². The summed E-state index contributed by atoms with van der Waals surface area (Å²) in [5.74, 6) is 0.0221. The molecule has 0 aliphatic heterocycles. The van der Waals surface area contributed by atoms with Gasteiger partial charge in [-0.15, -0.1) is 0 Å². The number of aromatic nitrogens is 2. The molecular formula is C26H25FN4O2. The van der Waals surface area contributed by atoms with Crippen molar-refractivity contribution in [2.45, 2.75) is 26.3 Å². The van der Waals surface area contributed by atoms with Gasteiger partial charge in [-0.05, 0) is 55.8 Å². The Morgan fingerprint density at radius 1 is 1.09 bits per heavy atom. The highest BCUT2D eigenvalue weighted by molar-refractivity contribution is 5.89.